The number of likely N-dealkylation sites (tertiary alicyclic amines) is 2. The van der Waals surface area contributed by atoms with Crippen LogP contribution in [-0.4, -0.2) is 61.2 Å². The molecule has 4 heterocycles. The molecule has 0 bridgehead atoms. The molecule has 2 N–H and O–H groups in total. The van der Waals surface area contributed by atoms with Gasteiger partial charge >= 0.3 is 12.2 Å². The van der Waals surface area contributed by atoms with Gasteiger partial charge in [0.2, 0.25) is 0 Å². The Labute approximate surface area is 291 Å². The van der Waals surface area contributed by atoms with Crippen LogP contribution in [0, 0.1) is 0 Å². The average molecular weight is 676 g/mol. The molecule has 50 heavy (non-hydrogen) atoms. The number of carbonyl (C=O) groups excluding carboxylic acids is 2. The highest BCUT2D eigenvalue weighted by Gasteiger charge is 2.36. The van der Waals surface area contributed by atoms with Crippen LogP contribution in [0.4, 0.5) is 9.59 Å². The number of imidazole rings is 1. The number of amides is 2. The standard InChI is InChI=1S/C40H45N5O5/c1-39(2,3)49-37(47)44-17-7-9-33(44)31-22-28-15-13-27(21-30(28)36(46)43-31)25-11-12-26-20-29(16-14-24(26)19-25)32-23-41-35(42-32)34-10-8-18-45(34)38(48)50-40(4,5)6/h11-16,19-23,33-34H,7-10,17-18H2,1-6H3,(H,41,42)(H,43,46)/t33?,34-/m0/s1. The minimum atomic E-state index is -0.588. The summed E-state index contributed by atoms with van der Waals surface area (Å²) >= 11 is 0. The number of pyridine rings is 1. The second kappa shape index (κ2) is 12.6. The van der Waals surface area contributed by atoms with Gasteiger partial charge in [-0.05, 0) is 119 Å². The van der Waals surface area contributed by atoms with Gasteiger partial charge in [-0.25, -0.2) is 14.6 Å². The molecular weight excluding hydrogens is 630 g/mol. The smallest absolute Gasteiger partial charge is 0.410 e. The van der Waals surface area contributed by atoms with Crippen LogP contribution in [0.2, 0.25) is 0 Å². The molecule has 2 aliphatic rings. The fourth-order valence-electron chi connectivity index (χ4n) is 7.10. The summed E-state index contributed by atoms with van der Waals surface area (Å²) in [6, 6.07) is 20.2. The van der Waals surface area contributed by atoms with Crippen LogP contribution in [0.1, 0.15) is 90.8 Å². The number of hydrogen-bond donors (Lipinski definition) is 2. The summed E-state index contributed by atoms with van der Waals surface area (Å²) in [4.78, 5) is 53.8. The minimum absolute atomic E-state index is 0.142. The van der Waals surface area contributed by atoms with Crippen molar-refractivity contribution >= 4 is 33.7 Å². The van der Waals surface area contributed by atoms with Crippen molar-refractivity contribution < 1.29 is 19.1 Å². The third kappa shape index (κ3) is 6.84. The summed E-state index contributed by atoms with van der Waals surface area (Å²) in [5.74, 6) is 0.765. The second-order valence-corrected chi connectivity index (χ2v) is 15.5. The van der Waals surface area contributed by atoms with Gasteiger partial charge in [-0.1, -0.05) is 36.4 Å². The normalized spacial score (nSPS) is 18.3. The van der Waals surface area contributed by atoms with E-state index in [2.05, 4.69) is 51.4 Å². The number of rotatable bonds is 4. The van der Waals surface area contributed by atoms with E-state index in [4.69, 9.17) is 9.47 Å². The highest BCUT2D eigenvalue weighted by molar-refractivity contribution is 5.93. The number of aromatic amines is 2. The summed E-state index contributed by atoms with van der Waals surface area (Å²) in [6.45, 7) is 12.4. The quantitative estimate of drug-likeness (QED) is 0.196. The second-order valence-electron chi connectivity index (χ2n) is 15.5. The molecule has 2 fully saturated rings. The first-order chi connectivity index (χ1) is 23.7. The van der Waals surface area contributed by atoms with Crippen molar-refractivity contribution in [3.8, 4) is 22.4 Å². The number of carbonyl (C=O) groups is 2. The van der Waals surface area contributed by atoms with E-state index in [1.807, 2.05) is 72.0 Å². The Morgan fingerprint density at radius 3 is 1.88 bits per heavy atom. The van der Waals surface area contributed by atoms with Gasteiger partial charge in [0, 0.05) is 29.7 Å². The fourth-order valence-corrected chi connectivity index (χ4v) is 7.10. The Hall–Kier alpha value is -5.12. The molecule has 2 saturated heterocycles. The molecule has 2 atom stereocenters. The van der Waals surface area contributed by atoms with Crippen LogP contribution < -0.4 is 5.56 Å². The van der Waals surface area contributed by atoms with Crippen LogP contribution in [0.3, 0.4) is 0 Å². The molecule has 7 rings (SSSR count). The number of H-pyrrole nitrogens is 2. The molecule has 1 unspecified atom stereocenters. The SMILES string of the molecule is CC(C)(C)OC(=O)N1CCCC1c1cc2ccc(-c3ccc4cc(-c5cnc([C@@H]6CCCN6C(=O)OC(C)(C)C)[nH]5)ccc4c3)cc2c(=O)[nH]1. The van der Waals surface area contributed by atoms with Crippen molar-refractivity contribution in [1.82, 2.24) is 24.8 Å². The van der Waals surface area contributed by atoms with Crippen molar-refractivity contribution in [1.29, 1.82) is 0 Å². The molecule has 0 aliphatic carbocycles. The van der Waals surface area contributed by atoms with Crippen molar-refractivity contribution in [3.05, 3.63) is 88.7 Å². The maximum atomic E-state index is 13.4. The summed E-state index contributed by atoms with van der Waals surface area (Å²) in [5.41, 5.74) is 3.27. The van der Waals surface area contributed by atoms with Crippen molar-refractivity contribution in [2.45, 2.75) is 90.5 Å². The zero-order chi connectivity index (χ0) is 35.4. The van der Waals surface area contributed by atoms with Gasteiger partial charge in [-0.2, -0.15) is 0 Å². The number of ether oxygens (including phenoxy) is 2. The molecule has 10 heteroatoms. The van der Waals surface area contributed by atoms with E-state index in [-0.39, 0.29) is 29.8 Å². The Morgan fingerprint density at radius 1 is 0.700 bits per heavy atom. The molecule has 0 saturated carbocycles. The lowest BCUT2D eigenvalue weighted by Crippen LogP contribution is -2.37. The van der Waals surface area contributed by atoms with Crippen LogP contribution in [0.15, 0.2) is 71.7 Å². The number of hydrogen-bond acceptors (Lipinski definition) is 6. The predicted molar refractivity (Wildman–Crippen MR) is 195 cm³/mol. The molecule has 5 aromatic rings. The highest BCUT2D eigenvalue weighted by Crippen LogP contribution is 2.36. The Kier molecular flexibility index (Phi) is 8.44. The first-order valence-electron chi connectivity index (χ1n) is 17.5. The molecule has 0 radical (unpaired) electrons. The molecule has 10 nitrogen and oxygen atoms in total. The van der Waals surface area contributed by atoms with Gasteiger partial charge in [0.1, 0.15) is 17.0 Å². The number of nitrogens with one attached hydrogen (secondary N) is 2. The van der Waals surface area contributed by atoms with Gasteiger partial charge in [0.15, 0.2) is 0 Å². The van der Waals surface area contributed by atoms with E-state index in [0.29, 0.717) is 18.5 Å². The van der Waals surface area contributed by atoms with E-state index >= 15 is 0 Å². The lowest BCUT2D eigenvalue weighted by atomic mass is 9.97. The Balaban J connectivity index is 1.10. The molecule has 260 valence electrons. The summed E-state index contributed by atoms with van der Waals surface area (Å²) < 4.78 is 11.3. The number of aromatic nitrogens is 3. The van der Waals surface area contributed by atoms with Gasteiger partial charge in [-0.3, -0.25) is 14.6 Å². The topological polar surface area (TPSA) is 121 Å². The van der Waals surface area contributed by atoms with Gasteiger partial charge in [0.05, 0.1) is 24.0 Å². The van der Waals surface area contributed by atoms with Crippen molar-refractivity contribution in [3.63, 3.8) is 0 Å². The summed E-state index contributed by atoms with van der Waals surface area (Å²) in [7, 11) is 0. The van der Waals surface area contributed by atoms with E-state index in [9.17, 15) is 14.4 Å². The minimum Gasteiger partial charge on any atom is -0.444 e. The Bertz CT molecular complexity index is 2150. The predicted octanol–water partition coefficient (Wildman–Crippen LogP) is 8.88. The van der Waals surface area contributed by atoms with Crippen LogP contribution >= 0.6 is 0 Å². The monoisotopic (exact) mass is 675 g/mol. The molecule has 2 aliphatic heterocycles. The lowest BCUT2D eigenvalue weighted by Gasteiger charge is -2.28. The molecular formula is C40H45N5O5. The first-order valence-corrected chi connectivity index (χ1v) is 17.5. The highest BCUT2D eigenvalue weighted by atomic mass is 16.6. The number of nitrogens with zero attached hydrogens (tertiary/aromatic N) is 3. The van der Waals surface area contributed by atoms with E-state index in [0.717, 1.165) is 75.7 Å². The molecule has 3 aromatic carbocycles. The van der Waals surface area contributed by atoms with Gasteiger partial charge < -0.3 is 19.4 Å². The maximum absolute atomic E-state index is 13.4. The average Bonchev–Trinajstić information content (AvgIpc) is 3.83. The van der Waals surface area contributed by atoms with E-state index in [1.165, 1.54) is 0 Å². The molecule has 0 spiro atoms. The van der Waals surface area contributed by atoms with Gasteiger partial charge in [0.25, 0.3) is 5.56 Å². The summed E-state index contributed by atoms with van der Waals surface area (Å²) in [5, 5.41) is 3.59. The zero-order valence-electron chi connectivity index (χ0n) is 29.6. The number of fused-ring (bicyclic) bond motifs is 2. The van der Waals surface area contributed by atoms with E-state index in [1.54, 1.807) is 9.80 Å². The first kappa shape index (κ1) is 33.4. The Morgan fingerprint density at radius 2 is 1.24 bits per heavy atom. The fraction of sp³-hybridized carbons (Fsp3) is 0.400. The largest absolute Gasteiger partial charge is 0.444 e. The van der Waals surface area contributed by atoms with E-state index < -0.39 is 11.2 Å². The van der Waals surface area contributed by atoms with Crippen molar-refractivity contribution in [2.24, 2.45) is 0 Å². The summed E-state index contributed by atoms with van der Waals surface area (Å²) in [6.07, 6.45) is 4.52. The van der Waals surface area contributed by atoms with Crippen LogP contribution in [0.5, 0.6) is 0 Å². The number of benzene rings is 3. The molecule has 2 amide bonds. The van der Waals surface area contributed by atoms with Gasteiger partial charge in [-0.15, -0.1) is 0 Å². The lowest BCUT2D eigenvalue weighted by molar-refractivity contribution is 0.0209. The van der Waals surface area contributed by atoms with Crippen LogP contribution in [0.25, 0.3) is 43.9 Å². The third-order valence-corrected chi connectivity index (χ3v) is 9.38. The van der Waals surface area contributed by atoms with Crippen molar-refractivity contribution in [2.75, 3.05) is 13.1 Å². The maximum Gasteiger partial charge on any atom is 0.410 e. The van der Waals surface area contributed by atoms with Crippen LogP contribution in [-0.2, 0) is 9.47 Å². The zero-order valence-corrected chi connectivity index (χ0v) is 29.6. The molecule has 2 aromatic heterocycles. The third-order valence-electron chi connectivity index (χ3n) is 9.38.